The molecule has 1 saturated carbocycles. The molecule has 0 heterocycles. The minimum Gasteiger partial charge on any atom is -0.192 e. The van der Waals surface area contributed by atoms with Gasteiger partial charge in [-0.25, -0.2) is 0 Å². The average Bonchev–Trinajstić information content (AvgIpc) is 3.00. The van der Waals surface area contributed by atoms with E-state index in [4.69, 9.17) is 5.26 Å². The zero-order valence-corrected chi connectivity index (χ0v) is 8.67. The molecule has 0 N–H and O–H groups in total. The van der Waals surface area contributed by atoms with Crippen LogP contribution in [0.5, 0.6) is 0 Å². The molecule has 2 rings (SSSR count). The number of nitriles is 1. The van der Waals surface area contributed by atoms with Gasteiger partial charge in [0.1, 0.15) is 0 Å². The summed E-state index contributed by atoms with van der Waals surface area (Å²) in [6, 6.07) is 8.46. The van der Waals surface area contributed by atoms with Crippen LogP contribution < -0.4 is 0 Å². The number of benzene rings is 1. The van der Waals surface area contributed by atoms with Crippen LogP contribution in [0.25, 0.3) is 0 Å². The second kappa shape index (κ2) is 3.46. The van der Waals surface area contributed by atoms with Gasteiger partial charge in [-0.05, 0) is 41.9 Å². The summed E-state index contributed by atoms with van der Waals surface area (Å²) in [5.74, 6) is 1.97. The standard InChI is InChI=1S/C13H14N/c1-9(2)11-5-6-12(8-14)13(7-11)10-3-4-10/h5-7,10H,3-4H2,1-2H3. The molecule has 1 heteroatoms. The highest BCUT2D eigenvalue weighted by Gasteiger charge is 2.26. The predicted octanol–water partition coefficient (Wildman–Crippen LogP) is 3.40. The molecule has 1 aromatic rings. The minimum atomic E-state index is 0.656. The Labute approximate surface area is 85.4 Å². The Kier molecular flexibility index (Phi) is 2.29. The molecule has 1 aliphatic rings. The third kappa shape index (κ3) is 1.65. The molecule has 1 aliphatic carbocycles. The van der Waals surface area contributed by atoms with E-state index in [9.17, 15) is 0 Å². The summed E-state index contributed by atoms with van der Waals surface area (Å²) in [4.78, 5) is 0. The number of hydrogen-bond acceptors (Lipinski definition) is 1. The normalized spacial score (nSPS) is 15.6. The second-order valence-electron chi connectivity index (χ2n) is 4.19. The van der Waals surface area contributed by atoms with Gasteiger partial charge in [0.15, 0.2) is 0 Å². The summed E-state index contributed by atoms with van der Waals surface area (Å²) < 4.78 is 0. The molecule has 0 bridgehead atoms. The van der Waals surface area contributed by atoms with Crippen molar-refractivity contribution in [2.45, 2.75) is 32.6 Å². The van der Waals surface area contributed by atoms with Gasteiger partial charge >= 0.3 is 0 Å². The first kappa shape index (κ1) is 9.27. The Morgan fingerprint density at radius 2 is 2.07 bits per heavy atom. The maximum absolute atomic E-state index is 8.97. The van der Waals surface area contributed by atoms with Crippen molar-refractivity contribution in [1.82, 2.24) is 0 Å². The van der Waals surface area contributed by atoms with Crippen molar-refractivity contribution < 1.29 is 0 Å². The highest BCUT2D eigenvalue weighted by atomic mass is 14.3. The number of rotatable bonds is 2. The molecule has 1 fully saturated rings. The molecule has 0 spiro atoms. The van der Waals surface area contributed by atoms with E-state index in [0.717, 1.165) is 5.56 Å². The van der Waals surface area contributed by atoms with Crippen molar-refractivity contribution in [3.05, 3.63) is 40.8 Å². The van der Waals surface area contributed by atoms with Crippen LogP contribution in [-0.4, -0.2) is 0 Å². The van der Waals surface area contributed by atoms with E-state index in [1.807, 2.05) is 12.1 Å². The van der Waals surface area contributed by atoms with Crippen LogP contribution in [0.15, 0.2) is 18.2 Å². The fourth-order valence-electron chi connectivity index (χ4n) is 1.71. The van der Waals surface area contributed by atoms with E-state index in [-0.39, 0.29) is 0 Å². The van der Waals surface area contributed by atoms with Crippen molar-refractivity contribution in [2.75, 3.05) is 0 Å². The fraction of sp³-hybridized carbons (Fsp3) is 0.385. The SMILES string of the molecule is C[C](C)c1ccc(C#N)c(C2CC2)c1. The first-order valence-corrected chi connectivity index (χ1v) is 5.07. The van der Waals surface area contributed by atoms with E-state index < -0.39 is 0 Å². The van der Waals surface area contributed by atoms with Gasteiger partial charge in [0, 0.05) is 0 Å². The molecule has 1 nitrogen and oxygen atoms in total. The molecule has 0 atom stereocenters. The molecular weight excluding hydrogens is 170 g/mol. The van der Waals surface area contributed by atoms with E-state index in [1.54, 1.807) is 0 Å². The highest BCUT2D eigenvalue weighted by molar-refractivity contribution is 5.46. The van der Waals surface area contributed by atoms with Crippen molar-refractivity contribution in [1.29, 1.82) is 5.26 Å². The molecular formula is C13H14N. The van der Waals surface area contributed by atoms with Gasteiger partial charge in [0.05, 0.1) is 11.6 Å². The van der Waals surface area contributed by atoms with Crippen LogP contribution in [-0.2, 0) is 0 Å². The van der Waals surface area contributed by atoms with Crippen LogP contribution >= 0.6 is 0 Å². The Morgan fingerprint density at radius 1 is 1.36 bits per heavy atom. The molecule has 0 saturated heterocycles. The van der Waals surface area contributed by atoms with Crippen molar-refractivity contribution in [3.63, 3.8) is 0 Å². The van der Waals surface area contributed by atoms with Crippen LogP contribution in [0.3, 0.4) is 0 Å². The molecule has 14 heavy (non-hydrogen) atoms. The lowest BCUT2D eigenvalue weighted by Gasteiger charge is -2.08. The molecule has 0 unspecified atom stereocenters. The maximum Gasteiger partial charge on any atom is 0.0994 e. The topological polar surface area (TPSA) is 23.8 Å². The average molecular weight is 184 g/mol. The van der Waals surface area contributed by atoms with Crippen LogP contribution in [0.4, 0.5) is 0 Å². The molecule has 1 radical (unpaired) electrons. The van der Waals surface area contributed by atoms with Crippen molar-refractivity contribution in [2.24, 2.45) is 0 Å². The lowest BCUT2D eigenvalue weighted by atomic mass is 9.95. The molecule has 0 aliphatic heterocycles. The third-order valence-corrected chi connectivity index (χ3v) is 2.77. The summed E-state index contributed by atoms with van der Waals surface area (Å²) in [7, 11) is 0. The van der Waals surface area contributed by atoms with Gasteiger partial charge in [0.2, 0.25) is 0 Å². The Hall–Kier alpha value is -1.29. The van der Waals surface area contributed by atoms with E-state index in [2.05, 4.69) is 26.0 Å². The number of hydrogen-bond donors (Lipinski definition) is 0. The van der Waals surface area contributed by atoms with Crippen LogP contribution in [0, 0.1) is 17.2 Å². The monoisotopic (exact) mass is 184 g/mol. The molecule has 0 aromatic heterocycles. The zero-order chi connectivity index (χ0) is 10.1. The molecule has 71 valence electrons. The highest BCUT2D eigenvalue weighted by Crippen LogP contribution is 2.42. The van der Waals surface area contributed by atoms with Crippen LogP contribution in [0.2, 0.25) is 0 Å². The zero-order valence-electron chi connectivity index (χ0n) is 8.67. The largest absolute Gasteiger partial charge is 0.192 e. The van der Waals surface area contributed by atoms with Gasteiger partial charge in [-0.3, -0.25) is 0 Å². The summed E-state index contributed by atoms with van der Waals surface area (Å²) >= 11 is 0. The summed E-state index contributed by atoms with van der Waals surface area (Å²) in [6.45, 7) is 4.22. The summed E-state index contributed by atoms with van der Waals surface area (Å²) in [5, 5.41) is 8.97. The summed E-state index contributed by atoms with van der Waals surface area (Å²) in [6.07, 6.45) is 2.50. The smallest absolute Gasteiger partial charge is 0.0994 e. The molecule has 0 amide bonds. The van der Waals surface area contributed by atoms with Gasteiger partial charge in [-0.15, -0.1) is 0 Å². The summed E-state index contributed by atoms with van der Waals surface area (Å²) in [5.41, 5.74) is 3.38. The quantitative estimate of drug-likeness (QED) is 0.691. The first-order valence-electron chi connectivity index (χ1n) is 5.07. The van der Waals surface area contributed by atoms with Gasteiger partial charge in [-0.1, -0.05) is 26.0 Å². The number of nitrogens with zero attached hydrogens (tertiary/aromatic N) is 1. The van der Waals surface area contributed by atoms with E-state index in [1.165, 1.54) is 29.9 Å². The Morgan fingerprint density at radius 3 is 2.57 bits per heavy atom. The van der Waals surface area contributed by atoms with E-state index in [0.29, 0.717) is 5.92 Å². The minimum absolute atomic E-state index is 0.656. The van der Waals surface area contributed by atoms with Crippen molar-refractivity contribution in [3.8, 4) is 6.07 Å². The Bertz CT molecular complexity index is 381. The maximum atomic E-state index is 8.97. The fourth-order valence-corrected chi connectivity index (χ4v) is 1.71. The van der Waals surface area contributed by atoms with Gasteiger partial charge in [0.25, 0.3) is 0 Å². The van der Waals surface area contributed by atoms with Gasteiger partial charge < -0.3 is 0 Å². The lowest BCUT2D eigenvalue weighted by Crippen LogP contribution is -1.93. The second-order valence-corrected chi connectivity index (χ2v) is 4.19. The predicted molar refractivity (Wildman–Crippen MR) is 56.8 cm³/mol. The van der Waals surface area contributed by atoms with E-state index >= 15 is 0 Å². The first-order chi connectivity index (χ1) is 6.72. The third-order valence-electron chi connectivity index (χ3n) is 2.77. The van der Waals surface area contributed by atoms with Crippen molar-refractivity contribution >= 4 is 0 Å². The van der Waals surface area contributed by atoms with Crippen LogP contribution in [0.1, 0.15) is 49.3 Å². The Balaban J connectivity index is 2.42. The van der Waals surface area contributed by atoms with Gasteiger partial charge in [-0.2, -0.15) is 5.26 Å². The molecule has 1 aromatic carbocycles. The lowest BCUT2D eigenvalue weighted by molar-refractivity contribution is 1.08.